The van der Waals surface area contributed by atoms with Crippen LogP contribution in [-0.2, 0) is 33.4 Å². The summed E-state index contributed by atoms with van der Waals surface area (Å²) in [6, 6.07) is 0. The lowest BCUT2D eigenvalue weighted by atomic mass is 9.92. The first-order chi connectivity index (χ1) is 12.0. The van der Waals surface area contributed by atoms with Gasteiger partial charge in [-0.05, 0) is 62.3 Å². The molecule has 0 rings (SSSR count). The van der Waals surface area contributed by atoms with Crippen molar-refractivity contribution in [1.29, 1.82) is 0 Å². The van der Waals surface area contributed by atoms with Crippen molar-refractivity contribution in [2.45, 2.75) is 91.8 Å². The summed E-state index contributed by atoms with van der Waals surface area (Å²) in [6.45, 7) is 13.0. The molecule has 0 aliphatic rings. The van der Waals surface area contributed by atoms with E-state index in [1.54, 1.807) is 0 Å². The van der Waals surface area contributed by atoms with E-state index < -0.39 is 53.2 Å². The van der Waals surface area contributed by atoms with Gasteiger partial charge in [-0.2, -0.15) is 0 Å². The van der Waals surface area contributed by atoms with Crippen LogP contribution >= 0.6 is 0 Å². The van der Waals surface area contributed by atoms with E-state index in [2.05, 4.69) is 0 Å². The zero-order chi connectivity index (χ0) is 21.7. The molecule has 8 heteroatoms. The molecule has 27 heavy (non-hydrogen) atoms. The Labute approximate surface area is 160 Å². The molecule has 0 aromatic carbocycles. The lowest BCUT2D eigenvalue weighted by molar-refractivity contribution is -0.189. The molecule has 0 bridgehead atoms. The van der Waals surface area contributed by atoms with E-state index in [4.69, 9.17) is 14.2 Å². The lowest BCUT2D eigenvalue weighted by Gasteiger charge is -2.33. The average Bonchev–Trinajstić information content (AvgIpc) is 2.51. The van der Waals surface area contributed by atoms with Crippen LogP contribution in [0.3, 0.4) is 0 Å². The van der Waals surface area contributed by atoms with Crippen molar-refractivity contribution in [3.63, 3.8) is 0 Å². The molecule has 0 aromatic rings. The number of carbonyl (C=O) groups excluding carboxylic acids is 4. The van der Waals surface area contributed by atoms with Gasteiger partial charge >= 0.3 is 11.9 Å². The Balaban J connectivity index is 5.01. The Morgan fingerprint density at radius 2 is 1.33 bits per heavy atom. The van der Waals surface area contributed by atoms with Gasteiger partial charge in [-0.3, -0.25) is 14.4 Å². The second kappa shape index (κ2) is 9.41. The van der Waals surface area contributed by atoms with Crippen molar-refractivity contribution in [3.8, 4) is 0 Å². The predicted molar refractivity (Wildman–Crippen MR) is 96.9 cm³/mol. The fourth-order valence-electron chi connectivity index (χ4n) is 2.12. The fraction of sp³-hybridized carbons (Fsp3) is 0.789. The molecule has 0 unspecified atom stereocenters. The van der Waals surface area contributed by atoms with Crippen LogP contribution in [0.25, 0.3) is 0 Å². The summed E-state index contributed by atoms with van der Waals surface area (Å²) in [5, 5.41) is 9.42. The molecular weight excluding hydrogens is 356 g/mol. The van der Waals surface area contributed by atoms with Crippen LogP contribution in [0.5, 0.6) is 0 Å². The molecule has 0 radical (unpaired) electrons. The average molecular weight is 388 g/mol. The van der Waals surface area contributed by atoms with Gasteiger partial charge < -0.3 is 19.3 Å². The molecule has 0 spiro atoms. The first-order valence-corrected chi connectivity index (χ1v) is 8.87. The molecule has 0 amide bonds. The summed E-state index contributed by atoms with van der Waals surface area (Å²) in [5.74, 6) is -3.16. The zero-order valence-electron chi connectivity index (χ0n) is 17.6. The molecule has 0 heterocycles. The summed E-state index contributed by atoms with van der Waals surface area (Å²) >= 11 is 0. The smallest absolute Gasteiger partial charge is 0.335 e. The number of hydrogen-bond donors (Lipinski definition) is 1. The van der Waals surface area contributed by atoms with Crippen molar-refractivity contribution in [2.24, 2.45) is 5.92 Å². The van der Waals surface area contributed by atoms with Gasteiger partial charge in [0.15, 0.2) is 23.8 Å². The van der Waals surface area contributed by atoms with Gasteiger partial charge in [0, 0.05) is 0 Å². The Morgan fingerprint density at radius 3 is 1.74 bits per heavy atom. The van der Waals surface area contributed by atoms with Crippen molar-refractivity contribution < 1.29 is 38.5 Å². The molecule has 4 atom stereocenters. The maximum Gasteiger partial charge on any atom is 0.335 e. The molecule has 156 valence electrons. The van der Waals surface area contributed by atoms with Crippen molar-refractivity contribution in [1.82, 2.24) is 0 Å². The van der Waals surface area contributed by atoms with Crippen LogP contribution in [-0.4, -0.2) is 58.1 Å². The van der Waals surface area contributed by atoms with Crippen molar-refractivity contribution in [3.05, 3.63) is 0 Å². The first kappa shape index (κ1) is 25.2. The molecule has 8 nitrogen and oxygen atoms in total. The molecule has 0 aromatic heterocycles. The maximum atomic E-state index is 12.4. The summed E-state index contributed by atoms with van der Waals surface area (Å²) in [6.07, 6.45) is -3.24. The SMILES string of the molecule is CC(=O)[C@H](C)OC(=O)[C@@H](C)C(C)(C)OC(=O)[C@H](C)OC(C)(C)C(=O)[C@@H](C)O. The number of aliphatic hydroxyl groups is 1. The van der Waals surface area contributed by atoms with Crippen LogP contribution in [0.2, 0.25) is 0 Å². The Hall–Kier alpha value is -1.80. The van der Waals surface area contributed by atoms with E-state index in [-0.39, 0.29) is 5.78 Å². The number of Topliss-reactive ketones (excluding diaryl/α,β-unsaturated/α-hetero) is 2. The molecular formula is C19H32O8. The highest BCUT2D eigenvalue weighted by Gasteiger charge is 2.40. The van der Waals surface area contributed by atoms with E-state index in [0.717, 1.165) is 0 Å². The number of aliphatic hydroxyl groups excluding tert-OH is 1. The second-order valence-electron chi connectivity index (χ2n) is 7.75. The first-order valence-electron chi connectivity index (χ1n) is 8.87. The van der Waals surface area contributed by atoms with E-state index in [0.29, 0.717) is 0 Å². The fourth-order valence-corrected chi connectivity index (χ4v) is 2.12. The number of ether oxygens (including phenoxy) is 3. The quantitative estimate of drug-likeness (QED) is 0.561. The van der Waals surface area contributed by atoms with E-state index in [1.807, 2.05) is 0 Å². The maximum absolute atomic E-state index is 12.4. The van der Waals surface area contributed by atoms with Gasteiger partial charge in [-0.15, -0.1) is 0 Å². The van der Waals surface area contributed by atoms with Crippen LogP contribution in [0.15, 0.2) is 0 Å². The minimum atomic E-state index is -1.39. The van der Waals surface area contributed by atoms with Gasteiger partial charge in [-0.25, -0.2) is 4.79 Å². The standard InChI is InChI=1S/C19H32O8/c1-10(16(23)25-13(4)11(2)20)18(6,7)27-17(24)14(5)26-19(8,9)15(22)12(3)21/h10,12-14,21H,1-9H3/t10-,12-,13+,14+/m1/s1. The number of carbonyl (C=O) groups is 4. The van der Waals surface area contributed by atoms with Crippen molar-refractivity contribution >= 4 is 23.5 Å². The summed E-state index contributed by atoms with van der Waals surface area (Å²) in [5.41, 5.74) is -2.63. The van der Waals surface area contributed by atoms with E-state index in [9.17, 15) is 24.3 Å². The monoisotopic (exact) mass is 388 g/mol. The van der Waals surface area contributed by atoms with Crippen molar-refractivity contribution in [2.75, 3.05) is 0 Å². The largest absolute Gasteiger partial charge is 0.457 e. The molecule has 0 aliphatic heterocycles. The van der Waals surface area contributed by atoms with Gasteiger partial charge in [-0.1, -0.05) is 0 Å². The summed E-state index contributed by atoms with van der Waals surface area (Å²) in [7, 11) is 0. The summed E-state index contributed by atoms with van der Waals surface area (Å²) < 4.78 is 15.9. The Morgan fingerprint density at radius 1 is 0.852 bits per heavy atom. The number of ketones is 2. The van der Waals surface area contributed by atoms with Gasteiger partial charge in [0.25, 0.3) is 0 Å². The Bertz CT molecular complexity index is 576. The molecule has 0 saturated heterocycles. The third-order valence-electron chi connectivity index (χ3n) is 4.40. The minimum absolute atomic E-state index is 0.294. The number of rotatable bonds is 10. The summed E-state index contributed by atoms with van der Waals surface area (Å²) in [4.78, 5) is 47.7. The number of hydrogen-bond acceptors (Lipinski definition) is 8. The minimum Gasteiger partial charge on any atom is -0.457 e. The Kier molecular flexibility index (Phi) is 8.79. The normalized spacial score (nSPS) is 16.7. The lowest BCUT2D eigenvalue weighted by Crippen LogP contribution is -2.47. The van der Waals surface area contributed by atoms with Crippen LogP contribution in [0, 0.1) is 5.92 Å². The highest BCUT2D eigenvalue weighted by molar-refractivity contribution is 5.90. The number of esters is 2. The van der Waals surface area contributed by atoms with Crippen LogP contribution in [0.4, 0.5) is 0 Å². The van der Waals surface area contributed by atoms with Crippen LogP contribution < -0.4 is 0 Å². The molecule has 1 N–H and O–H groups in total. The third kappa shape index (κ3) is 7.38. The van der Waals surface area contributed by atoms with Gasteiger partial charge in [0.1, 0.15) is 17.3 Å². The highest BCUT2D eigenvalue weighted by atomic mass is 16.6. The highest BCUT2D eigenvalue weighted by Crippen LogP contribution is 2.25. The van der Waals surface area contributed by atoms with E-state index >= 15 is 0 Å². The molecule has 0 saturated carbocycles. The van der Waals surface area contributed by atoms with E-state index in [1.165, 1.54) is 62.3 Å². The zero-order valence-corrected chi connectivity index (χ0v) is 17.6. The van der Waals surface area contributed by atoms with Gasteiger partial charge in [0.05, 0.1) is 5.92 Å². The molecule has 0 fully saturated rings. The van der Waals surface area contributed by atoms with Crippen LogP contribution in [0.1, 0.15) is 62.3 Å². The predicted octanol–water partition coefficient (Wildman–Crippen LogP) is 1.60. The topological polar surface area (TPSA) is 116 Å². The molecule has 0 aliphatic carbocycles. The van der Waals surface area contributed by atoms with Gasteiger partial charge in [0.2, 0.25) is 0 Å². The third-order valence-corrected chi connectivity index (χ3v) is 4.40. The second-order valence-corrected chi connectivity index (χ2v) is 7.75.